The van der Waals surface area contributed by atoms with E-state index in [1.165, 1.54) is 22.8 Å². The van der Waals surface area contributed by atoms with Crippen LogP contribution in [0.15, 0.2) is 27.4 Å². The molecule has 0 atom stereocenters. The minimum atomic E-state index is -0.467. The number of nitro benzene ring substituents is 1. The Morgan fingerprint density at radius 2 is 2.10 bits per heavy atom. The zero-order valence-electron chi connectivity index (χ0n) is 11.4. The summed E-state index contributed by atoms with van der Waals surface area (Å²) in [6, 6.07) is 4.23. The van der Waals surface area contributed by atoms with Crippen LogP contribution in [0.3, 0.4) is 0 Å². The van der Waals surface area contributed by atoms with E-state index < -0.39 is 10.7 Å². The third-order valence-electron chi connectivity index (χ3n) is 4.35. The molecule has 2 aromatic rings. The first-order valence-corrected chi connectivity index (χ1v) is 7.57. The molecular weight excluding hydrogens is 292 g/mol. The highest BCUT2D eigenvalue weighted by atomic mass is 32.1. The number of thiol groups is 1. The van der Waals surface area contributed by atoms with Crippen LogP contribution in [-0.4, -0.2) is 15.2 Å². The van der Waals surface area contributed by atoms with E-state index in [-0.39, 0.29) is 11.1 Å². The van der Waals surface area contributed by atoms with Crippen molar-refractivity contribution in [3.05, 3.63) is 38.9 Å². The molecule has 3 rings (SSSR count). The summed E-state index contributed by atoms with van der Waals surface area (Å²) in [4.78, 5) is 22.5. The number of hydrogen-bond donors (Lipinski definition) is 1. The van der Waals surface area contributed by atoms with Gasteiger partial charge < -0.3 is 4.42 Å². The highest BCUT2D eigenvalue weighted by Gasteiger charge is 2.34. The molecule has 1 fully saturated rings. The number of nitrogens with zero attached hydrogens (tertiary/aromatic N) is 2. The molecule has 0 aliphatic heterocycles. The molecule has 21 heavy (non-hydrogen) atoms. The fourth-order valence-electron chi connectivity index (χ4n) is 3.14. The van der Waals surface area contributed by atoms with Crippen molar-refractivity contribution >= 4 is 29.4 Å². The Bertz CT molecular complexity index is 743. The minimum absolute atomic E-state index is 0.0195. The second-order valence-electron chi connectivity index (χ2n) is 5.73. The monoisotopic (exact) mass is 308 g/mol. The van der Waals surface area contributed by atoms with Crippen LogP contribution < -0.4 is 5.76 Å². The average Bonchev–Trinajstić information content (AvgIpc) is 3.05. The summed E-state index contributed by atoms with van der Waals surface area (Å²) in [5.41, 5.74) is 0.817. The van der Waals surface area contributed by atoms with Gasteiger partial charge in [-0.2, -0.15) is 12.6 Å². The second-order valence-corrected chi connectivity index (χ2v) is 6.04. The first-order chi connectivity index (χ1) is 10.0. The molecule has 0 amide bonds. The van der Waals surface area contributed by atoms with Crippen LogP contribution in [0, 0.1) is 15.5 Å². The van der Waals surface area contributed by atoms with Crippen LogP contribution in [0.1, 0.15) is 25.7 Å². The van der Waals surface area contributed by atoms with Gasteiger partial charge in [-0.05, 0) is 30.1 Å². The van der Waals surface area contributed by atoms with Gasteiger partial charge in [-0.25, -0.2) is 4.79 Å². The third-order valence-corrected chi connectivity index (χ3v) is 5.03. The molecule has 1 heterocycles. The summed E-state index contributed by atoms with van der Waals surface area (Å²) in [5, 5.41) is 10.9. The SMILES string of the molecule is O=c1oc2ccc([N+](=O)[O-])cc2n1CC1(CS)CCCC1. The normalized spacial score (nSPS) is 17.4. The molecule has 0 N–H and O–H groups in total. The number of non-ortho nitro benzene ring substituents is 1. The van der Waals surface area contributed by atoms with Gasteiger partial charge in [-0.3, -0.25) is 14.7 Å². The largest absolute Gasteiger partial charge is 0.419 e. The van der Waals surface area contributed by atoms with E-state index in [0.717, 1.165) is 25.7 Å². The standard InChI is InChI=1S/C14H16N2O4S/c17-13-15(8-14(9-21)5-1-2-6-14)11-7-10(16(18)19)3-4-12(11)20-13/h3-4,7,21H,1-2,5-6,8-9H2. The molecule has 1 aliphatic rings. The fourth-order valence-corrected chi connectivity index (χ4v) is 3.56. The zero-order chi connectivity index (χ0) is 15.0. The first kappa shape index (κ1) is 14.2. The highest BCUT2D eigenvalue weighted by molar-refractivity contribution is 7.80. The Morgan fingerprint density at radius 3 is 2.71 bits per heavy atom. The average molecular weight is 308 g/mol. The summed E-state index contributed by atoms with van der Waals surface area (Å²) in [5.74, 6) is 0.236. The van der Waals surface area contributed by atoms with Crippen molar-refractivity contribution in [3.63, 3.8) is 0 Å². The van der Waals surface area contributed by atoms with E-state index in [1.807, 2.05) is 0 Å². The van der Waals surface area contributed by atoms with Gasteiger partial charge in [0.05, 0.1) is 10.4 Å². The van der Waals surface area contributed by atoms with Crippen molar-refractivity contribution < 1.29 is 9.34 Å². The summed E-state index contributed by atoms with van der Waals surface area (Å²) in [7, 11) is 0. The molecule has 0 radical (unpaired) electrons. The quantitative estimate of drug-likeness (QED) is 0.535. The van der Waals surface area contributed by atoms with Gasteiger partial charge in [0, 0.05) is 18.7 Å². The molecular formula is C14H16N2O4S. The smallest absolute Gasteiger partial charge is 0.408 e. The Kier molecular flexibility index (Phi) is 3.52. The van der Waals surface area contributed by atoms with Crippen LogP contribution in [0.5, 0.6) is 0 Å². The molecule has 0 saturated heterocycles. The lowest BCUT2D eigenvalue weighted by Crippen LogP contribution is -2.30. The number of benzene rings is 1. The van der Waals surface area contributed by atoms with Crippen molar-refractivity contribution in [2.75, 3.05) is 5.75 Å². The molecule has 1 aromatic carbocycles. The lowest BCUT2D eigenvalue weighted by Gasteiger charge is -2.26. The van der Waals surface area contributed by atoms with E-state index in [0.29, 0.717) is 23.4 Å². The Labute approximate surface area is 126 Å². The van der Waals surface area contributed by atoms with Gasteiger partial charge >= 0.3 is 5.76 Å². The number of fused-ring (bicyclic) bond motifs is 1. The van der Waals surface area contributed by atoms with Crippen LogP contribution >= 0.6 is 12.6 Å². The summed E-state index contributed by atoms with van der Waals surface area (Å²) in [6.07, 6.45) is 4.30. The van der Waals surface area contributed by atoms with Crippen molar-refractivity contribution in [2.24, 2.45) is 5.41 Å². The maximum atomic E-state index is 12.1. The third kappa shape index (κ3) is 2.46. The summed E-state index contributed by atoms with van der Waals surface area (Å²) >= 11 is 4.44. The molecule has 1 aliphatic carbocycles. The number of nitro groups is 1. The molecule has 7 heteroatoms. The second kappa shape index (κ2) is 5.22. The van der Waals surface area contributed by atoms with E-state index in [2.05, 4.69) is 12.6 Å². The maximum absolute atomic E-state index is 12.1. The van der Waals surface area contributed by atoms with Gasteiger partial charge in [0.2, 0.25) is 0 Å². The molecule has 0 unspecified atom stereocenters. The van der Waals surface area contributed by atoms with E-state index >= 15 is 0 Å². The van der Waals surface area contributed by atoms with Gasteiger partial charge in [-0.1, -0.05) is 12.8 Å². The van der Waals surface area contributed by atoms with E-state index in [4.69, 9.17) is 4.42 Å². The zero-order valence-corrected chi connectivity index (χ0v) is 12.3. The van der Waals surface area contributed by atoms with Crippen LogP contribution in [0.2, 0.25) is 0 Å². The van der Waals surface area contributed by atoms with Crippen molar-refractivity contribution in [1.29, 1.82) is 0 Å². The van der Waals surface area contributed by atoms with Gasteiger partial charge in [0.1, 0.15) is 0 Å². The van der Waals surface area contributed by atoms with E-state index in [9.17, 15) is 14.9 Å². The van der Waals surface area contributed by atoms with Gasteiger partial charge in [0.15, 0.2) is 5.58 Å². The Balaban J connectivity index is 2.08. The number of aromatic nitrogens is 1. The van der Waals surface area contributed by atoms with Crippen LogP contribution in [0.4, 0.5) is 5.69 Å². The van der Waals surface area contributed by atoms with Crippen molar-refractivity contribution in [3.8, 4) is 0 Å². The number of oxazole rings is 1. The lowest BCUT2D eigenvalue weighted by molar-refractivity contribution is -0.384. The topological polar surface area (TPSA) is 78.3 Å². The van der Waals surface area contributed by atoms with Crippen molar-refractivity contribution in [1.82, 2.24) is 4.57 Å². The predicted molar refractivity (Wildman–Crippen MR) is 81.9 cm³/mol. The van der Waals surface area contributed by atoms with Crippen molar-refractivity contribution in [2.45, 2.75) is 32.2 Å². The van der Waals surface area contributed by atoms with Gasteiger partial charge in [-0.15, -0.1) is 0 Å². The van der Waals surface area contributed by atoms with Gasteiger partial charge in [0.25, 0.3) is 5.69 Å². The Morgan fingerprint density at radius 1 is 1.38 bits per heavy atom. The molecule has 0 bridgehead atoms. The fraction of sp³-hybridized carbons (Fsp3) is 0.500. The highest BCUT2D eigenvalue weighted by Crippen LogP contribution is 2.40. The van der Waals surface area contributed by atoms with Crippen LogP contribution in [0.25, 0.3) is 11.1 Å². The Hall–Kier alpha value is -1.76. The van der Waals surface area contributed by atoms with Crippen LogP contribution in [-0.2, 0) is 6.54 Å². The lowest BCUT2D eigenvalue weighted by atomic mass is 9.88. The molecule has 112 valence electrons. The molecule has 6 nitrogen and oxygen atoms in total. The predicted octanol–water partition coefficient (Wildman–Crippen LogP) is 2.99. The first-order valence-electron chi connectivity index (χ1n) is 6.93. The summed E-state index contributed by atoms with van der Waals surface area (Å²) in [6.45, 7) is 0.503. The number of rotatable bonds is 4. The summed E-state index contributed by atoms with van der Waals surface area (Å²) < 4.78 is 6.71. The molecule has 1 aromatic heterocycles. The molecule has 0 spiro atoms. The molecule has 1 saturated carbocycles. The van der Waals surface area contributed by atoms with E-state index in [1.54, 1.807) is 0 Å². The minimum Gasteiger partial charge on any atom is -0.408 e. The maximum Gasteiger partial charge on any atom is 0.419 e. The number of hydrogen-bond acceptors (Lipinski definition) is 5.